The minimum atomic E-state index is -0.107. The lowest BCUT2D eigenvalue weighted by Crippen LogP contribution is -2.28. The number of nitrogens with zero attached hydrogens (tertiary/aromatic N) is 4. The van der Waals surface area contributed by atoms with Crippen LogP contribution in [0.25, 0.3) is 11.4 Å². The molecule has 0 fully saturated rings. The average Bonchev–Trinajstić information content (AvgIpc) is 3.16. The number of hydrogen-bond donors (Lipinski definition) is 1. The Hall–Kier alpha value is -2.74. The number of rotatable bonds is 7. The van der Waals surface area contributed by atoms with Crippen LogP contribution in [0.4, 0.5) is 0 Å². The van der Waals surface area contributed by atoms with E-state index in [1.165, 1.54) is 11.8 Å². The number of amides is 1. The van der Waals surface area contributed by atoms with E-state index in [-0.39, 0.29) is 17.7 Å². The summed E-state index contributed by atoms with van der Waals surface area (Å²) in [5.41, 5.74) is 1.72. The van der Waals surface area contributed by atoms with Crippen LogP contribution in [0.5, 0.6) is 0 Å². The Kier molecular flexibility index (Phi) is 5.96. The topological polar surface area (TPSA) is 93.8 Å². The molecule has 0 aromatic carbocycles. The molecule has 7 nitrogen and oxygen atoms in total. The molecule has 3 aromatic heterocycles. The third-order valence-electron chi connectivity index (χ3n) is 3.68. The zero-order chi connectivity index (χ0) is 18.4. The third-order valence-corrected chi connectivity index (χ3v) is 4.69. The number of nitrogens with one attached hydrogen (secondary N) is 1. The summed E-state index contributed by atoms with van der Waals surface area (Å²) in [6, 6.07) is 7.36. The molecule has 1 amide bonds. The molecule has 0 spiro atoms. The number of pyridine rings is 2. The summed E-state index contributed by atoms with van der Waals surface area (Å²) < 4.78 is 5.17. The van der Waals surface area contributed by atoms with Crippen LogP contribution >= 0.6 is 11.8 Å². The van der Waals surface area contributed by atoms with Crippen molar-refractivity contribution in [1.82, 2.24) is 25.4 Å². The van der Waals surface area contributed by atoms with Crippen molar-refractivity contribution in [1.29, 1.82) is 0 Å². The third kappa shape index (κ3) is 4.45. The molecule has 8 heteroatoms. The van der Waals surface area contributed by atoms with Crippen molar-refractivity contribution in [3.05, 3.63) is 54.3 Å². The van der Waals surface area contributed by atoms with Gasteiger partial charge in [-0.15, -0.1) is 0 Å². The molecule has 0 aliphatic heterocycles. The summed E-state index contributed by atoms with van der Waals surface area (Å²) >= 11 is 1.34. The van der Waals surface area contributed by atoms with Gasteiger partial charge in [0.15, 0.2) is 0 Å². The molecular formula is C18H19N5O2S. The minimum absolute atomic E-state index is 0.0784. The molecule has 0 aliphatic carbocycles. The highest BCUT2D eigenvalue weighted by molar-refractivity contribution is 8.00. The molecule has 3 heterocycles. The van der Waals surface area contributed by atoms with Gasteiger partial charge in [-0.2, -0.15) is 4.98 Å². The predicted molar refractivity (Wildman–Crippen MR) is 98.4 cm³/mol. The van der Waals surface area contributed by atoms with Crippen LogP contribution in [0.2, 0.25) is 0 Å². The maximum Gasteiger partial charge on any atom is 0.230 e. The largest absolute Gasteiger partial charge is 0.349 e. The van der Waals surface area contributed by atoms with Gasteiger partial charge in [0.05, 0.1) is 17.4 Å². The van der Waals surface area contributed by atoms with Crippen LogP contribution in [0.3, 0.4) is 0 Å². The second-order valence-electron chi connectivity index (χ2n) is 5.59. The van der Waals surface area contributed by atoms with Crippen molar-refractivity contribution in [3.63, 3.8) is 0 Å². The number of carbonyl (C=O) groups is 1. The molecule has 26 heavy (non-hydrogen) atoms. The Morgan fingerprint density at radius 3 is 2.88 bits per heavy atom. The van der Waals surface area contributed by atoms with E-state index in [2.05, 4.69) is 25.4 Å². The minimum Gasteiger partial charge on any atom is -0.349 e. The maximum absolute atomic E-state index is 12.3. The van der Waals surface area contributed by atoms with Gasteiger partial charge in [-0.05, 0) is 30.7 Å². The molecule has 3 aromatic rings. The van der Waals surface area contributed by atoms with Gasteiger partial charge in [-0.3, -0.25) is 9.78 Å². The first-order chi connectivity index (χ1) is 12.7. The first kappa shape index (κ1) is 18.1. The van der Waals surface area contributed by atoms with E-state index in [9.17, 15) is 4.79 Å². The SMILES string of the molecule is CCc1nc(-c2cccnc2SCC(=O)N[C@@H](C)c2cccnc2)no1. The fraction of sp³-hybridized carbons (Fsp3) is 0.278. The van der Waals surface area contributed by atoms with Crippen molar-refractivity contribution in [2.75, 3.05) is 5.75 Å². The lowest BCUT2D eigenvalue weighted by molar-refractivity contribution is -0.119. The normalized spacial score (nSPS) is 11.9. The van der Waals surface area contributed by atoms with Crippen molar-refractivity contribution in [2.24, 2.45) is 0 Å². The molecular weight excluding hydrogens is 350 g/mol. The van der Waals surface area contributed by atoms with Crippen LogP contribution in [0.1, 0.15) is 31.3 Å². The van der Waals surface area contributed by atoms with Crippen molar-refractivity contribution < 1.29 is 9.32 Å². The first-order valence-electron chi connectivity index (χ1n) is 8.27. The summed E-state index contributed by atoms with van der Waals surface area (Å²) in [7, 11) is 0. The highest BCUT2D eigenvalue weighted by Gasteiger charge is 2.15. The van der Waals surface area contributed by atoms with Crippen LogP contribution < -0.4 is 5.32 Å². The van der Waals surface area contributed by atoms with Crippen LogP contribution in [-0.4, -0.2) is 31.8 Å². The highest BCUT2D eigenvalue weighted by atomic mass is 32.2. The van der Waals surface area contributed by atoms with E-state index in [4.69, 9.17) is 4.52 Å². The Morgan fingerprint density at radius 2 is 2.15 bits per heavy atom. The van der Waals surface area contributed by atoms with Crippen LogP contribution in [0, 0.1) is 0 Å². The van der Waals surface area contributed by atoms with E-state index in [0.29, 0.717) is 23.2 Å². The molecule has 0 bridgehead atoms. The molecule has 134 valence electrons. The van der Waals surface area contributed by atoms with Crippen LogP contribution in [-0.2, 0) is 11.2 Å². The Bertz CT molecular complexity index is 869. The first-order valence-corrected chi connectivity index (χ1v) is 9.26. The number of aromatic nitrogens is 4. The zero-order valence-corrected chi connectivity index (χ0v) is 15.4. The molecule has 0 aliphatic rings. The monoisotopic (exact) mass is 369 g/mol. The summed E-state index contributed by atoms with van der Waals surface area (Å²) in [6.07, 6.45) is 5.81. The van der Waals surface area contributed by atoms with Gasteiger partial charge >= 0.3 is 0 Å². The van der Waals surface area contributed by atoms with Crippen molar-refractivity contribution >= 4 is 17.7 Å². The maximum atomic E-state index is 12.3. The Balaban J connectivity index is 1.63. The van der Waals surface area contributed by atoms with Crippen LogP contribution in [0.15, 0.2) is 52.4 Å². The average molecular weight is 369 g/mol. The fourth-order valence-corrected chi connectivity index (χ4v) is 3.12. The van der Waals surface area contributed by atoms with E-state index in [1.54, 1.807) is 18.6 Å². The standard InChI is InChI=1S/C18H19N5O2S/c1-3-16-22-17(23-25-16)14-7-5-9-20-18(14)26-11-15(24)21-12(2)13-6-4-8-19-10-13/h4-10,12H,3,11H2,1-2H3,(H,21,24)/t12-/m0/s1. The lowest BCUT2D eigenvalue weighted by atomic mass is 10.1. The van der Waals surface area contributed by atoms with Crippen molar-refractivity contribution in [2.45, 2.75) is 31.3 Å². The van der Waals surface area contributed by atoms with Gasteiger partial charge in [0.1, 0.15) is 5.03 Å². The summed E-state index contributed by atoms with van der Waals surface area (Å²) in [5.74, 6) is 1.22. The molecule has 0 saturated heterocycles. The molecule has 1 atom stereocenters. The molecule has 3 rings (SSSR count). The van der Waals surface area contributed by atoms with Gasteiger partial charge in [0.25, 0.3) is 0 Å². The summed E-state index contributed by atoms with van der Waals surface area (Å²) in [4.78, 5) is 25.0. The number of hydrogen-bond acceptors (Lipinski definition) is 7. The molecule has 0 unspecified atom stereocenters. The predicted octanol–water partition coefficient (Wildman–Crippen LogP) is 3.06. The zero-order valence-electron chi connectivity index (χ0n) is 14.5. The molecule has 1 N–H and O–H groups in total. The van der Waals surface area contributed by atoms with E-state index in [0.717, 1.165) is 11.1 Å². The molecule has 0 saturated carbocycles. The number of carbonyl (C=O) groups excluding carboxylic acids is 1. The highest BCUT2D eigenvalue weighted by Crippen LogP contribution is 2.27. The van der Waals surface area contributed by atoms with Crippen molar-refractivity contribution in [3.8, 4) is 11.4 Å². The van der Waals surface area contributed by atoms with E-state index < -0.39 is 0 Å². The number of aryl methyl sites for hydroxylation is 1. The second-order valence-corrected chi connectivity index (χ2v) is 6.55. The molecule has 0 radical (unpaired) electrons. The summed E-state index contributed by atoms with van der Waals surface area (Å²) in [5, 5.41) is 7.64. The van der Waals surface area contributed by atoms with E-state index in [1.807, 2.05) is 38.1 Å². The van der Waals surface area contributed by atoms with Gasteiger partial charge in [0.2, 0.25) is 17.6 Å². The Labute approximate surface area is 155 Å². The second kappa shape index (κ2) is 8.57. The summed E-state index contributed by atoms with van der Waals surface area (Å²) in [6.45, 7) is 3.88. The van der Waals surface area contributed by atoms with Gasteiger partial charge in [-0.1, -0.05) is 29.9 Å². The van der Waals surface area contributed by atoms with E-state index >= 15 is 0 Å². The quantitative estimate of drug-likeness (QED) is 0.640. The number of thioether (sulfide) groups is 1. The fourth-order valence-electron chi connectivity index (χ4n) is 2.32. The van der Waals surface area contributed by atoms with Gasteiger partial charge in [0, 0.05) is 25.0 Å². The lowest BCUT2D eigenvalue weighted by Gasteiger charge is -2.13. The smallest absolute Gasteiger partial charge is 0.230 e. The Morgan fingerprint density at radius 1 is 1.31 bits per heavy atom. The van der Waals surface area contributed by atoms with Gasteiger partial charge in [-0.25, -0.2) is 4.98 Å². The van der Waals surface area contributed by atoms with Gasteiger partial charge < -0.3 is 9.84 Å².